The van der Waals surface area contributed by atoms with Crippen LogP contribution in [0.3, 0.4) is 0 Å². The van der Waals surface area contributed by atoms with Crippen LogP contribution in [0.2, 0.25) is 0 Å². The number of hydrogen-bond donors (Lipinski definition) is 1. The summed E-state index contributed by atoms with van der Waals surface area (Å²) in [6.07, 6.45) is 3.04. The lowest BCUT2D eigenvalue weighted by atomic mass is 9.84. The zero-order valence-electron chi connectivity index (χ0n) is 10.6. The molecule has 0 aliphatic rings. The molecule has 0 fully saturated rings. The fraction of sp³-hybridized carbons (Fsp3) is 1.00. The van der Waals surface area contributed by atoms with Crippen molar-refractivity contribution >= 4 is 9.84 Å². The molecular weight excluding hydrogens is 210 g/mol. The highest BCUT2D eigenvalue weighted by atomic mass is 32.2. The van der Waals surface area contributed by atoms with E-state index in [1.165, 1.54) is 6.26 Å². The lowest BCUT2D eigenvalue weighted by molar-refractivity contribution is 0.274. The van der Waals surface area contributed by atoms with E-state index in [1.54, 1.807) is 0 Å². The SMILES string of the molecule is CCC(C)(CCS(C)(=O)=O)CNC(C)C. The van der Waals surface area contributed by atoms with Crippen molar-refractivity contribution in [1.82, 2.24) is 5.32 Å². The van der Waals surface area contributed by atoms with E-state index < -0.39 is 9.84 Å². The third kappa shape index (κ3) is 7.79. The Hall–Kier alpha value is -0.0900. The third-order valence-corrected chi connectivity index (χ3v) is 3.81. The summed E-state index contributed by atoms with van der Waals surface area (Å²) >= 11 is 0. The Bertz CT molecular complexity index is 272. The van der Waals surface area contributed by atoms with Gasteiger partial charge in [0.2, 0.25) is 0 Å². The van der Waals surface area contributed by atoms with Gasteiger partial charge in [0.15, 0.2) is 0 Å². The predicted molar refractivity (Wildman–Crippen MR) is 65.9 cm³/mol. The molecule has 3 nitrogen and oxygen atoms in total. The summed E-state index contributed by atoms with van der Waals surface area (Å²) in [5.41, 5.74) is 0.0906. The largest absolute Gasteiger partial charge is 0.314 e. The van der Waals surface area contributed by atoms with Crippen molar-refractivity contribution < 1.29 is 8.42 Å². The molecule has 0 amide bonds. The monoisotopic (exact) mass is 235 g/mol. The molecule has 0 aliphatic heterocycles. The van der Waals surface area contributed by atoms with E-state index in [1.807, 2.05) is 0 Å². The van der Waals surface area contributed by atoms with E-state index in [4.69, 9.17) is 0 Å². The van der Waals surface area contributed by atoms with Gasteiger partial charge in [-0.15, -0.1) is 0 Å². The molecule has 1 N–H and O–H groups in total. The molecule has 0 saturated carbocycles. The molecule has 0 aromatic carbocycles. The van der Waals surface area contributed by atoms with Gasteiger partial charge in [0, 0.05) is 18.8 Å². The van der Waals surface area contributed by atoms with Crippen LogP contribution in [0.4, 0.5) is 0 Å². The van der Waals surface area contributed by atoms with Crippen molar-refractivity contribution in [3.8, 4) is 0 Å². The van der Waals surface area contributed by atoms with E-state index in [-0.39, 0.29) is 11.2 Å². The van der Waals surface area contributed by atoms with E-state index in [0.29, 0.717) is 6.04 Å². The molecule has 4 heteroatoms. The number of rotatable bonds is 7. The first kappa shape index (κ1) is 14.9. The first-order valence-electron chi connectivity index (χ1n) is 5.59. The van der Waals surface area contributed by atoms with Gasteiger partial charge in [-0.1, -0.05) is 27.7 Å². The van der Waals surface area contributed by atoms with Crippen LogP contribution in [0.25, 0.3) is 0 Å². The molecule has 0 spiro atoms. The van der Waals surface area contributed by atoms with Gasteiger partial charge >= 0.3 is 0 Å². The Morgan fingerprint density at radius 2 is 1.87 bits per heavy atom. The molecule has 0 saturated heterocycles. The van der Waals surface area contributed by atoms with Crippen molar-refractivity contribution in [1.29, 1.82) is 0 Å². The van der Waals surface area contributed by atoms with Crippen LogP contribution in [0.5, 0.6) is 0 Å². The number of nitrogens with one attached hydrogen (secondary N) is 1. The van der Waals surface area contributed by atoms with Gasteiger partial charge < -0.3 is 5.32 Å². The Morgan fingerprint density at radius 1 is 1.33 bits per heavy atom. The number of hydrogen-bond acceptors (Lipinski definition) is 3. The minimum atomic E-state index is -2.83. The summed E-state index contributed by atoms with van der Waals surface area (Å²) in [7, 11) is -2.83. The summed E-state index contributed by atoms with van der Waals surface area (Å²) in [6.45, 7) is 9.35. The van der Waals surface area contributed by atoms with Gasteiger partial charge in [-0.2, -0.15) is 0 Å². The third-order valence-electron chi connectivity index (χ3n) is 2.87. The lowest BCUT2D eigenvalue weighted by Crippen LogP contribution is -2.36. The average molecular weight is 235 g/mol. The number of sulfone groups is 1. The molecule has 15 heavy (non-hydrogen) atoms. The van der Waals surface area contributed by atoms with E-state index in [2.05, 4.69) is 33.0 Å². The van der Waals surface area contributed by atoms with Crippen LogP contribution in [-0.4, -0.2) is 33.0 Å². The molecule has 0 bridgehead atoms. The average Bonchev–Trinajstić information content (AvgIpc) is 2.10. The molecule has 92 valence electrons. The standard InChI is InChI=1S/C11H25NO2S/c1-6-11(4,9-12-10(2)3)7-8-15(5,13)14/h10,12H,6-9H2,1-5H3. The highest BCUT2D eigenvalue weighted by Crippen LogP contribution is 2.25. The fourth-order valence-corrected chi connectivity index (χ4v) is 2.14. The topological polar surface area (TPSA) is 46.2 Å². The van der Waals surface area contributed by atoms with Gasteiger partial charge in [0.1, 0.15) is 9.84 Å². The van der Waals surface area contributed by atoms with E-state index >= 15 is 0 Å². The van der Waals surface area contributed by atoms with Crippen LogP contribution in [-0.2, 0) is 9.84 Å². The van der Waals surface area contributed by atoms with Crippen LogP contribution in [0.1, 0.15) is 40.5 Å². The lowest BCUT2D eigenvalue weighted by Gasteiger charge is -2.29. The normalized spacial score (nSPS) is 16.7. The molecule has 0 aliphatic carbocycles. The summed E-state index contributed by atoms with van der Waals surface area (Å²) in [5.74, 6) is 0.289. The molecule has 1 atom stereocenters. The van der Waals surface area contributed by atoms with Crippen molar-refractivity contribution in [3.63, 3.8) is 0 Å². The Morgan fingerprint density at radius 3 is 2.20 bits per heavy atom. The smallest absolute Gasteiger partial charge is 0.147 e. The maximum Gasteiger partial charge on any atom is 0.147 e. The molecule has 0 rings (SSSR count). The van der Waals surface area contributed by atoms with Crippen LogP contribution in [0, 0.1) is 5.41 Å². The van der Waals surface area contributed by atoms with Crippen molar-refractivity contribution in [2.75, 3.05) is 18.6 Å². The van der Waals surface area contributed by atoms with Crippen molar-refractivity contribution in [3.05, 3.63) is 0 Å². The second-order valence-corrected chi connectivity index (χ2v) is 7.34. The van der Waals surface area contributed by atoms with Crippen molar-refractivity contribution in [2.24, 2.45) is 5.41 Å². The van der Waals surface area contributed by atoms with Crippen LogP contribution in [0.15, 0.2) is 0 Å². The second-order valence-electron chi connectivity index (χ2n) is 5.08. The Labute approximate surface area is 94.6 Å². The van der Waals surface area contributed by atoms with Crippen LogP contribution >= 0.6 is 0 Å². The predicted octanol–water partition coefficient (Wildman–Crippen LogP) is 1.84. The Kier molecular flexibility index (Phi) is 5.81. The minimum absolute atomic E-state index is 0.0906. The highest BCUT2D eigenvalue weighted by molar-refractivity contribution is 7.90. The van der Waals surface area contributed by atoms with Gasteiger partial charge in [-0.25, -0.2) is 8.42 Å². The Balaban J connectivity index is 4.19. The van der Waals surface area contributed by atoms with Gasteiger partial charge in [-0.05, 0) is 18.3 Å². The minimum Gasteiger partial charge on any atom is -0.314 e. The molecule has 0 heterocycles. The molecule has 0 aromatic heterocycles. The first-order valence-corrected chi connectivity index (χ1v) is 7.66. The second kappa shape index (κ2) is 5.85. The van der Waals surface area contributed by atoms with E-state index in [9.17, 15) is 8.42 Å². The maximum atomic E-state index is 11.1. The molecule has 0 radical (unpaired) electrons. The zero-order valence-corrected chi connectivity index (χ0v) is 11.4. The molecule has 1 unspecified atom stereocenters. The summed E-state index contributed by atoms with van der Waals surface area (Å²) < 4.78 is 22.2. The highest BCUT2D eigenvalue weighted by Gasteiger charge is 2.23. The fourth-order valence-electron chi connectivity index (χ4n) is 1.27. The summed E-state index contributed by atoms with van der Waals surface area (Å²) in [4.78, 5) is 0. The summed E-state index contributed by atoms with van der Waals surface area (Å²) in [6, 6.07) is 0.453. The summed E-state index contributed by atoms with van der Waals surface area (Å²) in [5, 5.41) is 3.38. The first-order chi connectivity index (χ1) is 6.68. The molecule has 0 aromatic rings. The van der Waals surface area contributed by atoms with Crippen LogP contribution < -0.4 is 5.32 Å². The molecular formula is C11H25NO2S. The van der Waals surface area contributed by atoms with Crippen molar-refractivity contribution in [2.45, 2.75) is 46.6 Å². The van der Waals surface area contributed by atoms with Gasteiger partial charge in [0.25, 0.3) is 0 Å². The van der Waals surface area contributed by atoms with E-state index in [0.717, 1.165) is 19.4 Å². The maximum absolute atomic E-state index is 11.1. The van der Waals surface area contributed by atoms with Gasteiger partial charge in [-0.3, -0.25) is 0 Å². The van der Waals surface area contributed by atoms with Gasteiger partial charge in [0.05, 0.1) is 5.75 Å². The zero-order chi connectivity index (χ0) is 12.1. The quantitative estimate of drug-likeness (QED) is 0.732.